The maximum absolute atomic E-state index is 5.72. The van der Waals surface area contributed by atoms with Crippen molar-refractivity contribution in [2.45, 2.75) is 30.5 Å². The summed E-state index contributed by atoms with van der Waals surface area (Å²) >= 11 is 7.67. The molecule has 0 amide bonds. The van der Waals surface area contributed by atoms with E-state index < -0.39 is 0 Å². The standard InChI is InChI=1S/C11H14ClNOS/c1-8-10(4-5-14-8)15-7-9-2-3-11(12)13-6-9/h2-3,6,8,10H,4-5,7H2,1H3. The fraction of sp³-hybridized carbons (Fsp3) is 0.545. The molecule has 15 heavy (non-hydrogen) atoms. The molecule has 82 valence electrons. The van der Waals surface area contributed by atoms with Crippen LogP contribution in [0.25, 0.3) is 0 Å². The maximum Gasteiger partial charge on any atom is 0.129 e. The highest BCUT2D eigenvalue weighted by molar-refractivity contribution is 7.99. The smallest absolute Gasteiger partial charge is 0.129 e. The minimum Gasteiger partial charge on any atom is -0.377 e. The largest absolute Gasteiger partial charge is 0.377 e. The van der Waals surface area contributed by atoms with Crippen LogP contribution in [0.5, 0.6) is 0 Å². The van der Waals surface area contributed by atoms with E-state index in [0.29, 0.717) is 16.5 Å². The predicted molar refractivity (Wildman–Crippen MR) is 64.4 cm³/mol. The van der Waals surface area contributed by atoms with Gasteiger partial charge in [-0.2, -0.15) is 11.8 Å². The van der Waals surface area contributed by atoms with Gasteiger partial charge in [0, 0.05) is 23.8 Å². The Hall–Kier alpha value is -0.250. The summed E-state index contributed by atoms with van der Waals surface area (Å²) in [5, 5.41) is 1.18. The zero-order valence-electron chi connectivity index (χ0n) is 8.65. The molecule has 1 aliphatic heterocycles. The molecule has 0 N–H and O–H groups in total. The topological polar surface area (TPSA) is 22.1 Å². The van der Waals surface area contributed by atoms with Crippen molar-refractivity contribution in [2.24, 2.45) is 0 Å². The first kappa shape index (κ1) is 11.2. The van der Waals surface area contributed by atoms with Gasteiger partial charge in [-0.05, 0) is 25.0 Å². The van der Waals surface area contributed by atoms with Crippen molar-refractivity contribution >= 4 is 23.4 Å². The van der Waals surface area contributed by atoms with Crippen LogP contribution < -0.4 is 0 Å². The summed E-state index contributed by atoms with van der Waals surface area (Å²) in [6.07, 6.45) is 3.39. The Morgan fingerprint density at radius 1 is 1.60 bits per heavy atom. The van der Waals surface area contributed by atoms with E-state index in [1.54, 1.807) is 0 Å². The lowest BCUT2D eigenvalue weighted by molar-refractivity contribution is 0.127. The van der Waals surface area contributed by atoms with Crippen LogP contribution in [-0.4, -0.2) is 22.9 Å². The van der Waals surface area contributed by atoms with Gasteiger partial charge in [0.25, 0.3) is 0 Å². The third-order valence-corrected chi connectivity index (χ3v) is 4.33. The molecule has 0 aliphatic carbocycles. The van der Waals surface area contributed by atoms with Crippen LogP contribution in [0.2, 0.25) is 5.15 Å². The summed E-state index contributed by atoms with van der Waals surface area (Å²) in [5.41, 5.74) is 1.23. The molecule has 0 spiro atoms. The summed E-state index contributed by atoms with van der Waals surface area (Å²) in [7, 11) is 0. The van der Waals surface area contributed by atoms with Gasteiger partial charge in [0.05, 0.1) is 6.10 Å². The van der Waals surface area contributed by atoms with Crippen molar-refractivity contribution < 1.29 is 4.74 Å². The number of thioether (sulfide) groups is 1. The van der Waals surface area contributed by atoms with Crippen LogP contribution >= 0.6 is 23.4 Å². The minimum absolute atomic E-state index is 0.384. The SMILES string of the molecule is CC1OCCC1SCc1ccc(Cl)nc1. The van der Waals surface area contributed by atoms with Crippen molar-refractivity contribution in [3.63, 3.8) is 0 Å². The van der Waals surface area contributed by atoms with Gasteiger partial charge in [-0.25, -0.2) is 4.98 Å². The monoisotopic (exact) mass is 243 g/mol. The van der Waals surface area contributed by atoms with Crippen LogP contribution in [0.1, 0.15) is 18.9 Å². The van der Waals surface area contributed by atoms with Crippen LogP contribution in [0, 0.1) is 0 Å². The third-order valence-electron chi connectivity index (χ3n) is 2.56. The van der Waals surface area contributed by atoms with Crippen molar-refractivity contribution in [3.05, 3.63) is 29.0 Å². The fourth-order valence-electron chi connectivity index (χ4n) is 1.63. The lowest BCUT2D eigenvalue weighted by Crippen LogP contribution is -2.13. The Morgan fingerprint density at radius 2 is 2.47 bits per heavy atom. The highest BCUT2D eigenvalue weighted by Crippen LogP contribution is 2.28. The van der Waals surface area contributed by atoms with E-state index in [4.69, 9.17) is 16.3 Å². The Morgan fingerprint density at radius 3 is 3.07 bits per heavy atom. The molecule has 0 bridgehead atoms. The number of hydrogen-bond acceptors (Lipinski definition) is 3. The number of nitrogens with zero attached hydrogens (tertiary/aromatic N) is 1. The van der Waals surface area contributed by atoms with Gasteiger partial charge in [-0.15, -0.1) is 0 Å². The molecule has 2 unspecified atom stereocenters. The second-order valence-electron chi connectivity index (χ2n) is 3.70. The fourth-order valence-corrected chi connectivity index (χ4v) is 2.93. The van der Waals surface area contributed by atoms with E-state index >= 15 is 0 Å². The van der Waals surface area contributed by atoms with E-state index in [2.05, 4.69) is 11.9 Å². The van der Waals surface area contributed by atoms with Crippen LogP contribution in [-0.2, 0) is 10.5 Å². The lowest BCUT2D eigenvalue weighted by atomic mass is 10.3. The van der Waals surface area contributed by atoms with Gasteiger partial charge >= 0.3 is 0 Å². The summed E-state index contributed by atoms with van der Waals surface area (Å²) in [4.78, 5) is 4.06. The summed E-state index contributed by atoms with van der Waals surface area (Å²) in [5.74, 6) is 0.989. The first-order valence-corrected chi connectivity index (χ1v) is 6.52. The molecule has 0 aromatic carbocycles. The molecule has 2 heterocycles. The molecule has 0 radical (unpaired) electrons. The first-order valence-electron chi connectivity index (χ1n) is 5.09. The average Bonchev–Trinajstić information content (AvgIpc) is 2.63. The van der Waals surface area contributed by atoms with Crippen LogP contribution in [0.3, 0.4) is 0 Å². The maximum atomic E-state index is 5.72. The zero-order valence-corrected chi connectivity index (χ0v) is 10.2. The Bertz CT molecular complexity index is 317. The van der Waals surface area contributed by atoms with Gasteiger partial charge in [0.2, 0.25) is 0 Å². The van der Waals surface area contributed by atoms with Crippen molar-refractivity contribution in [2.75, 3.05) is 6.61 Å². The van der Waals surface area contributed by atoms with E-state index in [1.165, 1.54) is 5.56 Å². The Balaban J connectivity index is 1.85. The number of ether oxygens (including phenoxy) is 1. The number of hydrogen-bond donors (Lipinski definition) is 0. The van der Waals surface area contributed by atoms with Gasteiger partial charge in [0.1, 0.15) is 5.15 Å². The minimum atomic E-state index is 0.384. The molecule has 4 heteroatoms. The average molecular weight is 244 g/mol. The molecular formula is C11H14ClNOS. The molecule has 2 rings (SSSR count). The normalized spacial score (nSPS) is 25.7. The van der Waals surface area contributed by atoms with E-state index in [9.17, 15) is 0 Å². The zero-order chi connectivity index (χ0) is 10.7. The van der Waals surface area contributed by atoms with Gasteiger partial charge in [0.15, 0.2) is 0 Å². The lowest BCUT2D eigenvalue weighted by Gasteiger charge is -2.12. The number of halogens is 1. The highest BCUT2D eigenvalue weighted by Gasteiger charge is 2.24. The Kier molecular flexibility index (Phi) is 3.89. The molecular weight excluding hydrogens is 230 g/mol. The Labute approximate surface area is 99.4 Å². The third kappa shape index (κ3) is 3.10. The van der Waals surface area contributed by atoms with Crippen molar-refractivity contribution in [1.82, 2.24) is 4.98 Å². The number of rotatable bonds is 3. The molecule has 1 aromatic heterocycles. The molecule has 1 aliphatic rings. The predicted octanol–water partition coefficient (Wildman–Crippen LogP) is 3.15. The molecule has 2 atom stereocenters. The van der Waals surface area contributed by atoms with Gasteiger partial charge < -0.3 is 4.74 Å². The first-order chi connectivity index (χ1) is 7.25. The van der Waals surface area contributed by atoms with Crippen molar-refractivity contribution in [3.8, 4) is 0 Å². The summed E-state index contributed by atoms with van der Waals surface area (Å²) in [6.45, 7) is 3.04. The van der Waals surface area contributed by atoms with E-state index in [0.717, 1.165) is 18.8 Å². The van der Waals surface area contributed by atoms with Crippen LogP contribution in [0.15, 0.2) is 18.3 Å². The quantitative estimate of drug-likeness (QED) is 0.762. The molecule has 1 saturated heterocycles. The second-order valence-corrected chi connectivity index (χ2v) is 5.32. The second kappa shape index (κ2) is 5.19. The summed E-state index contributed by atoms with van der Waals surface area (Å²) < 4.78 is 5.52. The summed E-state index contributed by atoms with van der Waals surface area (Å²) in [6, 6.07) is 3.87. The van der Waals surface area contributed by atoms with E-state index in [1.807, 2.05) is 30.1 Å². The molecule has 1 fully saturated rings. The number of pyridine rings is 1. The van der Waals surface area contributed by atoms with E-state index in [-0.39, 0.29) is 0 Å². The molecule has 1 aromatic rings. The molecule has 2 nitrogen and oxygen atoms in total. The number of aromatic nitrogens is 1. The molecule has 0 saturated carbocycles. The van der Waals surface area contributed by atoms with Crippen LogP contribution in [0.4, 0.5) is 0 Å². The van der Waals surface area contributed by atoms with Gasteiger partial charge in [-0.3, -0.25) is 0 Å². The highest BCUT2D eigenvalue weighted by atomic mass is 35.5. The van der Waals surface area contributed by atoms with Gasteiger partial charge in [-0.1, -0.05) is 17.7 Å². The van der Waals surface area contributed by atoms with Crippen molar-refractivity contribution in [1.29, 1.82) is 0 Å².